The summed E-state index contributed by atoms with van der Waals surface area (Å²) in [5.74, 6) is -0.255. The Kier molecular flexibility index (Phi) is 2.86. The fourth-order valence-corrected chi connectivity index (χ4v) is 2.48. The molecule has 0 fully saturated rings. The molecule has 1 aromatic carbocycles. The normalized spacial score (nSPS) is 14.1. The van der Waals surface area contributed by atoms with E-state index in [1.165, 1.54) is 16.8 Å². The summed E-state index contributed by atoms with van der Waals surface area (Å²) in [6, 6.07) is 2.14. The number of nitrogens with one attached hydrogen (secondary N) is 1. The Bertz CT molecular complexity index is 438. The maximum Gasteiger partial charge on any atom is 0.221 e. The maximum atomic E-state index is 11.0. The van der Waals surface area contributed by atoms with Crippen LogP contribution in [0.2, 0.25) is 0 Å². The van der Waals surface area contributed by atoms with Gasteiger partial charge in [0.25, 0.3) is 0 Å². The standard InChI is InChI=1S/C13H18N2O/c1-8-6-12-10(4-3-5-15-12)9(2)11(8)7-13(14)16/h6,15H,3-5,7H2,1-2H3,(H2,14,16). The molecule has 1 aromatic rings. The summed E-state index contributed by atoms with van der Waals surface area (Å²) < 4.78 is 0. The Hall–Kier alpha value is -1.51. The molecule has 1 aliphatic heterocycles. The molecule has 0 saturated carbocycles. The van der Waals surface area contributed by atoms with Gasteiger partial charge in [-0.1, -0.05) is 0 Å². The Morgan fingerprint density at radius 2 is 2.25 bits per heavy atom. The van der Waals surface area contributed by atoms with Crippen LogP contribution in [-0.2, 0) is 17.6 Å². The SMILES string of the molecule is Cc1cc2c(c(C)c1CC(N)=O)CCCN2. The van der Waals surface area contributed by atoms with E-state index in [0.29, 0.717) is 6.42 Å². The number of carbonyl (C=O) groups excluding carboxylic acids is 1. The number of benzene rings is 1. The van der Waals surface area contributed by atoms with Crippen molar-refractivity contribution in [3.8, 4) is 0 Å². The molecule has 0 bridgehead atoms. The fraction of sp³-hybridized carbons (Fsp3) is 0.462. The van der Waals surface area contributed by atoms with Gasteiger partial charge in [0.1, 0.15) is 0 Å². The van der Waals surface area contributed by atoms with Gasteiger partial charge in [-0.15, -0.1) is 0 Å². The molecule has 1 heterocycles. The number of primary amides is 1. The lowest BCUT2D eigenvalue weighted by Crippen LogP contribution is -2.18. The van der Waals surface area contributed by atoms with Crippen LogP contribution in [0, 0.1) is 13.8 Å². The van der Waals surface area contributed by atoms with E-state index in [4.69, 9.17) is 5.73 Å². The van der Waals surface area contributed by atoms with Crippen molar-refractivity contribution in [1.29, 1.82) is 0 Å². The molecule has 0 aliphatic carbocycles. The van der Waals surface area contributed by atoms with E-state index in [0.717, 1.165) is 30.5 Å². The first-order valence-corrected chi connectivity index (χ1v) is 5.73. The quantitative estimate of drug-likeness (QED) is 0.793. The smallest absolute Gasteiger partial charge is 0.221 e. The van der Waals surface area contributed by atoms with Crippen molar-refractivity contribution in [2.75, 3.05) is 11.9 Å². The number of hydrogen-bond donors (Lipinski definition) is 2. The van der Waals surface area contributed by atoms with E-state index in [1.807, 2.05) is 6.92 Å². The van der Waals surface area contributed by atoms with E-state index in [-0.39, 0.29) is 5.91 Å². The second-order valence-electron chi connectivity index (χ2n) is 4.50. The fourth-order valence-electron chi connectivity index (χ4n) is 2.48. The molecule has 1 aliphatic rings. The summed E-state index contributed by atoms with van der Waals surface area (Å²) in [5, 5.41) is 3.41. The Balaban J connectivity index is 2.49. The molecule has 0 aromatic heterocycles. The van der Waals surface area contributed by atoms with E-state index < -0.39 is 0 Å². The van der Waals surface area contributed by atoms with Crippen LogP contribution in [-0.4, -0.2) is 12.5 Å². The Morgan fingerprint density at radius 3 is 2.94 bits per heavy atom. The Labute approximate surface area is 96.0 Å². The van der Waals surface area contributed by atoms with E-state index >= 15 is 0 Å². The molecule has 0 saturated heterocycles. The van der Waals surface area contributed by atoms with Crippen molar-refractivity contribution in [2.45, 2.75) is 33.1 Å². The summed E-state index contributed by atoms with van der Waals surface area (Å²) >= 11 is 0. The molecule has 3 heteroatoms. The van der Waals surface area contributed by atoms with Gasteiger partial charge in [0.05, 0.1) is 6.42 Å². The van der Waals surface area contributed by atoms with Crippen molar-refractivity contribution >= 4 is 11.6 Å². The van der Waals surface area contributed by atoms with Gasteiger partial charge in [0.2, 0.25) is 5.91 Å². The minimum atomic E-state index is -0.255. The summed E-state index contributed by atoms with van der Waals surface area (Å²) in [5.41, 5.74) is 11.4. The minimum Gasteiger partial charge on any atom is -0.385 e. The van der Waals surface area contributed by atoms with Crippen LogP contribution >= 0.6 is 0 Å². The zero-order valence-electron chi connectivity index (χ0n) is 9.89. The number of rotatable bonds is 2. The van der Waals surface area contributed by atoms with Crippen molar-refractivity contribution in [3.05, 3.63) is 28.3 Å². The zero-order chi connectivity index (χ0) is 11.7. The van der Waals surface area contributed by atoms with Crippen molar-refractivity contribution in [1.82, 2.24) is 0 Å². The highest BCUT2D eigenvalue weighted by atomic mass is 16.1. The maximum absolute atomic E-state index is 11.0. The van der Waals surface area contributed by atoms with Crippen LogP contribution in [0.15, 0.2) is 6.07 Å². The molecule has 1 amide bonds. The van der Waals surface area contributed by atoms with Crippen molar-refractivity contribution < 1.29 is 4.79 Å². The van der Waals surface area contributed by atoms with Crippen LogP contribution in [0.4, 0.5) is 5.69 Å². The average molecular weight is 218 g/mol. The van der Waals surface area contributed by atoms with Gasteiger partial charge in [0.15, 0.2) is 0 Å². The number of hydrogen-bond acceptors (Lipinski definition) is 2. The van der Waals surface area contributed by atoms with Crippen LogP contribution in [0.1, 0.15) is 28.7 Å². The lowest BCUT2D eigenvalue weighted by atomic mass is 9.90. The average Bonchev–Trinajstić information content (AvgIpc) is 2.24. The van der Waals surface area contributed by atoms with E-state index in [9.17, 15) is 4.79 Å². The molecule has 0 unspecified atom stereocenters. The molecule has 3 N–H and O–H groups in total. The molecule has 2 rings (SSSR count). The third-order valence-electron chi connectivity index (χ3n) is 3.34. The summed E-state index contributed by atoms with van der Waals surface area (Å²) in [6.07, 6.45) is 2.61. The number of aryl methyl sites for hydroxylation is 1. The summed E-state index contributed by atoms with van der Waals surface area (Å²) in [6.45, 7) is 5.18. The summed E-state index contributed by atoms with van der Waals surface area (Å²) in [7, 11) is 0. The second kappa shape index (κ2) is 4.16. The third kappa shape index (κ3) is 1.90. The van der Waals surface area contributed by atoms with Gasteiger partial charge >= 0.3 is 0 Å². The van der Waals surface area contributed by atoms with Crippen molar-refractivity contribution in [2.24, 2.45) is 5.73 Å². The Morgan fingerprint density at radius 1 is 1.50 bits per heavy atom. The van der Waals surface area contributed by atoms with Gasteiger partial charge in [-0.25, -0.2) is 0 Å². The van der Waals surface area contributed by atoms with Crippen LogP contribution in [0.5, 0.6) is 0 Å². The van der Waals surface area contributed by atoms with Crippen LogP contribution < -0.4 is 11.1 Å². The molecule has 0 spiro atoms. The molecular weight excluding hydrogens is 200 g/mol. The summed E-state index contributed by atoms with van der Waals surface area (Å²) in [4.78, 5) is 11.0. The van der Waals surface area contributed by atoms with Crippen LogP contribution in [0.25, 0.3) is 0 Å². The lowest BCUT2D eigenvalue weighted by Gasteiger charge is -2.23. The molecule has 0 radical (unpaired) electrons. The topological polar surface area (TPSA) is 55.1 Å². The minimum absolute atomic E-state index is 0.255. The number of carbonyl (C=O) groups is 1. The second-order valence-corrected chi connectivity index (χ2v) is 4.50. The van der Waals surface area contributed by atoms with Crippen molar-refractivity contribution in [3.63, 3.8) is 0 Å². The first-order valence-electron chi connectivity index (χ1n) is 5.73. The predicted octanol–water partition coefficient (Wildman–Crippen LogP) is 1.69. The number of nitrogens with two attached hydrogens (primary N) is 1. The van der Waals surface area contributed by atoms with Gasteiger partial charge in [0, 0.05) is 12.2 Å². The van der Waals surface area contributed by atoms with Gasteiger partial charge < -0.3 is 11.1 Å². The molecule has 3 nitrogen and oxygen atoms in total. The molecule has 0 atom stereocenters. The molecular formula is C13H18N2O. The van der Waals surface area contributed by atoms with Crippen LogP contribution in [0.3, 0.4) is 0 Å². The van der Waals surface area contributed by atoms with Gasteiger partial charge in [-0.2, -0.15) is 0 Å². The first kappa shape index (κ1) is 11.0. The number of fused-ring (bicyclic) bond motifs is 1. The highest BCUT2D eigenvalue weighted by Crippen LogP contribution is 2.30. The van der Waals surface area contributed by atoms with E-state index in [2.05, 4.69) is 18.3 Å². The largest absolute Gasteiger partial charge is 0.385 e. The highest BCUT2D eigenvalue weighted by Gasteiger charge is 2.16. The van der Waals surface area contributed by atoms with E-state index in [1.54, 1.807) is 0 Å². The zero-order valence-corrected chi connectivity index (χ0v) is 9.89. The van der Waals surface area contributed by atoms with Gasteiger partial charge in [-0.05, 0) is 55.0 Å². The molecule has 86 valence electrons. The first-order chi connectivity index (χ1) is 7.59. The highest BCUT2D eigenvalue weighted by molar-refractivity contribution is 5.78. The third-order valence-corrected chi connectivity index (χ3v) is 3.34. The molecule has 16 heavy (non-hydrogen) atoms. The number of anilines is 1. The number of amides is 1. The predicted molar refractivity (Wildman–Crippen MR) is 65.6 cm³/mol. The lowest BCUT2D eigenvalue weighted by molar-refractivity contribution is -0.117. The van der Waals surface area contributed by atoms with Gasteiger partial charge in [-0.3, -0.25) is 4.79 Å². The monoisotopic (exact) mass is 218 g/mol.